The molecule has 0 saturated heterocycles. The lowest BCUT2D eigenvalue weighted by Gasteiger charge is -2.14. The van der Waals surface area contributed by atoms with Crippen LogP contribution in [0, 0.1) is 11.8 Å². The van der Waals surface area contributed by atoms with Gasteiger partial charge in [0.15, 0.2) is 0 Å². The van der Waals surface area contributed by atoms with E-state index in [-0.39, 0.29) is 5.97 Å². The first-order valence-corrected chi connectivity index (χ1v) is 4.87. The van der Waals surface area contributed by atoms with E-state index in [2.05, 4.69) is 27.4 Å². The molecule has 0 amide bonds. The molecule has 0 fully saturated rings. The number of esters is 1. The summed E-state index contributed by atoms with van der Waals surface area (Å²) in [7, 11) is 0. The highest BCUT2D eigenvalue weighted by Crippen LogP contribution is 2.15. The van der Waals surface area contributed by atoms with Crippen LogP contribution < -0.4 is 0 Å². The number of ether oxygens (including phenoxy) is 1. The van der Waals surface area contributed by atoms with Crippen molar-refractivity contribution in [1.82, 2.24) is 0 Å². The Bertz CT molecular complexity index is 161. The van der Waals surface area contributed by atoms with Gasteiger partial charge in [0.05, 0.1) is 6.61 Å². The zero-order valence-electron chi connectivity index (χ0n) is 8.88. The van der Waals surface area contributed by atoms with E-state index in [0.29, 0.717) is 18.4 Å². The second-order valence-corrected chi connectivity index (χ2v) is 3.74. The number of hydrogen-bond donors (Lipinski definition) is 0. The number of carbonyl (C=O) groups is 1. The first kappa shape index (κ1) is 12.2. The summed E-state index contributed by atoms with van der Waals surface area (Å²) in [6.45, 7) is 10.5. The molecule has 0 unspecified atom stereocenters. The topological polar surface area (TPSA) is 26.3 Å². The molecule has 0 N–H and O–H groups in total. The lowest BCUT2D eigenvalue weighted by atomic mass is 9.93. The summed E-state index contributed by atoms with van der Waals surface area (Å²) in [5.74, 6) is 1.08. The Morgan fingerprint density at radius 2 is 2.08 bits per heavy atom. The van der Waals surface area contributed by atoms with Gasteiger partial charge in [0, 0.05) is 6.08 Å². The van der Waals surface area contributed by atoms with Crippen molar-refractivity contribution in [3.8, 4) is 0 Å². The second kappa shape index (κ2) is 6.70. The van der Waals surface area contributed by atoms with E-state index in [1.807, 2.05) is 0 Å². The van der Waals surface area contributed by atoms with Gasteiger partial charge in [-0.05, 0) is 24.7 Å². The van der Waals surface area contributed by atoms with Gasteiger partial charge in [0.25, 0.3) is 0 Å². The summed E-state index contributed by atoms with van der Waals surface area (Å²) < 4.78 is 4.86. The summed E-state index contributed by atoms with van der Waals surface area (Å²) in [6.07, 6.45) is 3.26. The van der Waals surface area contributed by atoms with Crippen molar-refractivity contribution < 1.29 is 9.53 Å². The van der Waals surface area contributed by atoms with Crippen LogP contribution >= 0.6 is 0 Å². The molecule has 0 bridgehead atoms. The average molecular weight is 184 g/mol. The van der Waals surface area contributed by atoms with Gasteiger partial charge in [-0.2, -0.15) is 0 Å². The molecule has 0 aromatic carbocycles. The average Bonchev–Trinajstić information content (AvgIpc) is 2.11. The summed E-state index contributed by atoms with van der Waals surface area (Å²) in [6, 6.07) is 0. The zero-order valence-corrected chi connectivity index (χ0v) is 8.88. The minimum absolute atomic E-state index is 0.322. The van der Waals surface area contributed by atoms with E-state index in [0.717, 1.165) is 12.8 Å². The molecule has 0 saturated carbocycles. The number of hydrogen-bond acceptors (Lipinski definition) is 2. The molecule has 0 rings (SSSR count). The van der Waals surface area contributed by atoms with Crippen LogP contribution in [0.4, 0.5) is 0 Å². The molecule has 2 heteroatoms. The molecule has 2 nitrogen and oxygen atoms in total. The van der Waals surface area contributed by atoms with Gasteiger partial charge >= 0.3 is 5.97 Å². The van der Waals surface area contributed by atoms with Gasteiger partial charge < -0.3 is 4.74 Å². The third-order valence-electron chi connectivity index (χ3n) is 2.35. The van der Waals surface area contributed by atoms with Gasteiger partial charge in [-0.3, -0.25) is 0 Å². The van der Waals surface area contributed by atoms with E-state index in [4.69, 9.17) is 4.74 Å². The minimum Gasteiger partial charge on any atom is -0.463 e. The van der Waals surface area contributed by atoms with Crippen LogP contribution in [0.15, 0.2) is 12.7 Å². The SMILES string of the molecule is C=CC(=O)OCCC[C@H](C)C(C)C. The van der Waals surface area contributed by atoms with Crippen LogP contribution in [0.25, 0.3) is 0 Å². The summed E-state index contributed by atoms with van der Waals surface area (Å²) in [5, 5.41) is 0. The van der Waals surface area contributed by atoms with Gasteiger partial charge in [0.2, 0.25) is 0 Å². The van der Waals surface area contributed by atoms with E-state index in [9.17, 15) is 4.79 Å². The molecule has 0 aromatic rings. The van der Waals surface area contributed by atoms with Crippen LogP contribution in [0.1, 0.15) is 33.6 Å². The molecule has 0 aliphatic carbocycles. The predicted octanol–water partition coefficient (Wildman–Crippen LogP) is 2.79. The Hall–Kier alpha value is -0.790. The normalized spacial score (nSPS) is 12.6. The maximum atomic E-state index is 10.7. The Labute approximate surface area is 81.0 Å². The molecule has 0 aliphatic rings. The maximum Gasteiger partial charge on any atom is 0.330 e. The lowest BCUT2D eigenvalue weighted by molar-refractivity contribution is -0.137. The Kier molecular flexibility index (Phi) is 6.29. The fourth-order valence-electron chi connectivity index (χ4n) is 0.970. The maximum absolute atomic E-state index is 10.7. The Balaban J connectivity index is 3.35. The van der Waals surface area contributed by atoms with Crippen molar-refractivity contribution in [2.75, 3.05) is 6.61 Å². The summed E-state index contributed by atoms with van der Waals surface area (Å²) >= 11 is 0. The monoisotopic (exact) mass is 184 g/mol. The van der Waals surface area contributed by atoms with Crippen LogP contribution in [0.5, 0.6) is 0 Å². The molecule has 0 radical (unpaired) electrons. The van der Waals surface area contributed by atoms with Gasteiger partial charge in [-0.1, -0.05) is 27.4 Å². The van der Waals surface area contributed by atoms with Crippen LogP contribution in [-0.2, 0) is 9.53 Å². The van der Waals surface area contributed by atoms with E-state index in [1.165, 1.54) is 6.08 Å². The smallest absolute Gasteiger partial charge is 0.330 e. The minimum atomic E-state index is -0.322. The van der Waals surface area contributed by atoms with E-state index in [1.54, 1.807) is 0 Å². The second-order valence-electron chi connectivity index (χ2n) is 3.74. The zero-order chi connectivity index (χ0) is 10.3. The molecule has 1 atom stereocenters. The largest absolute Gasteiger partial charge is 0.463 e. The fraction of sp³-hybridized carbons (Fsp3) is 0.727. The molecule has 0 spiro atoms. The molecule has 0 heterocycles. The van der Waals surface area contributed by atoms with Crippen molar-refractivity contribution >= 4 is 5.97 Å². The fourth-order valence-corrected chi connectivity index (χ4v) is 0.970. The first-order chi connectivity index (χ1) is 6.07. The predicted molar refractivity (Wildman–Crippen MR) is 54.4 cm³/mol. The molecule has 0 aromatic heterocycles. The highest BCUT2D eigenvalue weighted by atomic mass is 16.5. The quantitative estimate of drug-likeness (QED) is 0.360. The first-order valence-electron chi connectivity index (χ1n) is 4.87. The molecular weight excluding hydrogens is 164 g/mol. The standard InChI is InChI=1S/C11H20O2/c1-5-11(12)13-8-6-7-10(4)9(2)3/h5,9-10H,1,6-8H2,2-4H3/t10-/m0/s1. The molecule has 0 aliphatic heterocycles. The summed E-state index contributed by atoms with van der Waals surface area (Å²) in [5.41, 5.74) is 0. The molecule has 76 valence electrons. The van der Waals surface area contributed by atoms with Crippen molar-refractivity contribution in [2.24, 2.45) is 11.8 Å². The number of rotatable bonds is 6. The van der Waals surface area contributed by atoms with Gasteiger partial charge in [-0.15, -0.1) is 0 Å². The van der Waals surface area contributed by atoms with Crippen molar-refractivity contribution in [1.29, 1.82) is 0 Å². The Morgan fingerprint density at radius 1 is 1.46 bits per heavy atom. The highest BCUT2D eigenvalue weighted by molar-refractivity contribution is 5.81. The summed E-state index contributed by atoms with van der Waals surface area (Å²) in [4.78, 5) is 10.7. The molecule has 13 heavy (non-hydrogen) atoms. The third kappa shape index (κ3) is 6.38. The van der Waals surface area contributed by atoms with Crippen LogP contribution in [0.3, 0.4) is 0 Å². The van der Waals surface area contributed by atoms with E-state index >= 15 is 0 Å². The van der Waals surface area contributed by atoms with Crippen LogP contribution in [-0.4, -0.2) is 12.6 Å². The van der Waals surface area contributed by atoms with Crippen molar-refractivity contribution in [3.05, 3.63) is 12.7 Å². The van der Waals surface area contributed by atoms with Crippen molar-refractivity contribution in [3.63, 3.8) is 0 Å². The van der Waals surface area contributed by atoms with Gasteiger partial charge in [-0.25, -0.2) is 4.79 Å². The van der Waals surface area contributed by atoms with Crippen LogP contribution in [0.2, 0.25) is 0 Å². The van der Waals surface area contributed by atoms with E-state index < -0.39 is 0 Å². The lowest BCUT2D eigenvalue weighted by Crippen LogP contribution is -2.07. The highest BCUT2D eigenvalue weighted by Gasteiger charge is 2.06. The van der Waals surface area contributed by atoms with Gasteiger partial charge in [0.1, 0.15) is 0 Å². The number of carbonyl (C=O) groups excluding carboxylic acids is 1. The molecular formula is C11H20O2. The van der Waals surface area contributed by atoms with Crippen molar-refractivity contribution in [2.45, 2.75) is 33.6 Å². The third-order valence-corrected chi connectivity index (χ3v) is 2.35. The Morgan fingerprint density at radius 3 is 2.54 bits per heavy atom.